The van der Waals surface area contributed by atoms with E-state index >= 15 is 0 Å². The van der Waals surface area contributed by atoms with Crippen LogP contribution in [0.5, 0.6) is 0 Å². The molecule has 1 aromatic rings. The largest absolute Gasteiger partial charge is 0.377 e. The molecular weight excluding hydrogens is 210 g/mol. The normalized spacial score (nSPS) is 21.4. The Hall–Kier alpha value is -0.550. The van der Waals surface area contributed by atoms with Gasteiger partial charge in [-0.2, -0.15) is 0 Å². The molecule has 0 spiro atoms. The Morgan fingerprint density at radius 2 is 2.47 bits per heavy atom. The van der Waals surface area contributed by atoms with Gasteiger partial charge in [0.15, 0.2) is 0 Å². The summed E-state index contributed by atoms with van der Waals surface area (Å²) < 4.78 is 5.54. The third kappa shape index (κ3) is 2.95. The highest BCUT2D eigenvalue weighted by Gasteiger charge is 2.16. The maximum absolute atomic E-state index is 5.54. The van der Waals surface area contributed by atoms with Gasteiger partial charge in [-0.05, 0) is 12.8 Å². The number of H-pyrrole nitrogens is 1. The van der Waals surface area contributed by atoms with Crippen LogP contribution in [0.3, 0.4) is 0 Å². The number of aromatic nitrogens is 3. The molecule has 0 bridgehead atoms. The molecule has 1 aromatic heterocycles. The maximum Gasteiger partial charge on any atom is 0.208 e. The number of thioether (sulfide) groups is 1. The first-order chi connectivity index (χ1) is 7.25. The van der Waals surface area contributed by atoms with Crippen molar-refractivity contribution in [3.63, 3.8) is 0 Å². The Bertz CT molecular complexity index is 307. The molecular formula is C10H17N3OS. The van der Waals surface area contributed by atoms with Crippen LogP contribution in [0.25, 0.3) is 0 Å². The number of nitrogens with zero attached hydrogens (tertiary/aromatic N) is 2. The Labute approximate surface area is 94.2 Å². The highest BCUT2D eigenvalue weighted by atomic mass is 32.2. The second-order valence-corrected chi connectivity index (χ2v) is 5.09. The minimum absolute atomic E-state index is 0.399. The molecule has 4 nitrogen and oxygen atoms in total. The summed E-state index contributed by atoms with van der Waals surface area (Å²) in [6, 6.07) is 0. The van der Waals surface area contributed by atoms with Crippen LogP contribution in [-0.4, -0.2) is 33.6 Å². The van der Waals surface area contributed by atoms with E-state index in [-0.39, 0.29) is 0 Å². The van der Waals surface area contributed by atoms with Gasteiger partial charge < -0.3 is 4.74 Å². The lowest BCUT2D eigenvalue weighted by Gasteiger charge is -2.05. The summed E-state index contributed by atoms with van der Waals surface area (Å²) in [7, 11) is 0. The van der Waals surface area contributed by atoms with Crippen molar-refractivity contribution >= 4 is 11.8 Å². The predicted octanol–water partition coefficient (Wildman–Crippen LogP) is 2.20. The van der Waals surface area contributed by atoms with E-state index in [9.17, 15) is 0 Å². The molecule has 0 amide bonds. The number of rotatable bonds is 4. The highest BCUT2D eigenvalue weighted by molar-refractivity contribution is 7.99. The third-order valence-corrected chi connectivity index (χ3v) is 3.43. The van der Waals surface area contributed by atoms with Crippen LogP contribution < -0.4 is 0 Å². The zero-order chi connectivity index (χ0) is 10.7. The Balaban J connectivity index is 1.82. The number of nitrogens with one attached hydrogen (secondary N) is 1. The standard InChI is InChI=1S/C10H17N3OS/c1-7(2)9-11-10(13-12-9)15-6-8-4-3-5-14-8/h7-8H,3-6H2,1-2H3,(H,11,12,13). The summed E-state index contributed by atoms with van der Waals surface area (Å²) in [5.41, 5.74) is 0. The maximum atomic E-state index is 5.54. The fraction of sp³-hybridized carbons (Fsp3) is 0.800. The van der Waals surface area contributed by atoms with Crippen molar-refractivity contribution in [3.8, 4) is 0 Å². The van der Waals surface area contributed by atoms with Crippen molar-refractivity contribution in [2.24, 2.45) is 0 Å². The van der Waals surface area contributed by atoms with Gasteiger partial charge in [0, 0.05) is 18.3 Å². The zero-order valence-electron chi connectivity index (χ0n) is 9.19. The van der Waals surface area contributed by atoms with Crippen molar-refractivity contribution in [1.82, 2.24) is 15.2 Å². The molecule has 2 rings (SSSR count). The minimum Gasteiger partial charge on any atom is -0.377 e. The quantitative estimate of drug-likeness (QED) is 0.801. The first-order valence-corrected chi connectivity index (χ1v) is 6.41. The van der Waals surface area contributed by atoms with Crippen molar-refractivity contribution < 1.29 is 4.74 Å². The molecule has 15 heavy (non-hydrogen) atoms. The Morgan fingerprint density at radius 1 is 1.60 bits per heavy atom. The number of hydrogen-bond donors (Lipinski definition) is 1. The van der Waals surface area contributed by atoms with E-state index in [4.69, 9.17) is 4.74 Å². The third-order valence-electron chi connectivity index (χ3n) is 2.45. The molecule has 1 atom stereocenters. The highest BCUT2D eigenvalue weighted by Crippen LogP contribution is 2.22. The molecule has 5 heteroatoms. The molecule has 1 fully saturated rings. The van der Waals surface area contributed by atoms with E-state index in [1.54, 1.807) is 11.8 Å². The molecule has 0 radical (unpaired) electrons. The molecule has 1 saturated heterocycles. The van der Waals surface area contributed by atoms with Gasteiger partial charge in [0.2, 0.25) is 5.16 Å². The van der Waals surface area contributed by atoms with Gasteiger partial charge >= 0.3 is 0 Å². The van der Waals surface area contributed by atoms with Gasteiger partial charge in [-0.15, -0.1) is 5.10 Å². The van der Waals surface area contributed by atoms with Crippen LogP contribution in [-0.2, 0) is 4.74 Å². The van der Waals surface area contributed by atoms with Crippen molar-refractivity contribution in [1.29, 1.82) is 0 Å². The van der Waals surface area contributed by atoms with E-state index in [1.165, 1.54) is 12.8 Å². The lowest BCUT2D eigenvalue weighted by atomic mass is 10.2. The molecule has 1 N–H and O–H groups in total. The predicted molar refractivity (Wildman–Crippen MR) is 60.2 cm³/mol. The first kappa shape index (κ1) is 11.0. The lowest BCUT2D eigenvalue weighted by Crippen LogP contribution is -2.07. The number of ether oxygens (including phenoxy) is 1. The van der Waals surface area contributed by atoms with E-state index in [2.05, 4.69) is 29.0 Å². The average Bonchev–Trinajstić information content (AvgIpc) is 2.86. The van der Waals surface area contributed by atoms with Gasteiger partial charge in [-0.25, -0.2) is 4.98 Å². The molecule has 0 aromatic carbocycles. The van der Waals surface area contributed by atoms with Crippen LogP contribution in [0.4, 0.5) is 0 Å². The van der Waals surface area contributed by atoms with Gasteiger partial charge in [0.1, 0.15) is 5.82 Å². The monoisotopic (exact) mass is 227 g/mol. The molecule has 0 aliphatic carbocycles. The fourth-order valence-corrected chi connectivity index (χ4v) is 2.40. The first-order valence-electron chi connectivity index (χ1n) is 5.42. The Morgan fingerprint density at radius 3 is 3.07 bits per heavy atom. The molecule has 1 aliphatic rings. The number of aromatic amines is 1. The van der Waals surface area contributed by atoms with Gasteiger partial charge in [-0.1, -0.05) is 25.6 Å². The fourth-order valence-electron chi connectivity index (χ4n) is 1.52. The van der Waals surface area contributed by atoms with E-state index in [0.717, 1.165) is 23.3 Å². The second kappa shape index (κ2) is 4.99. The van der Waals surface area contributed by atoms with Crippen LogP contribution in [0.15, 0.2) is 5.16 Å². The van der Waals surface area contributed by atoms with Crippen LogP contribution in [0.2, 0.25) is 0 Å². The summed E-state index contributed by atoms with van der Waals surface area (Å²) >= 11 is 1.68. The zero-order valence-corrected chi connectivity index (χ0v) is 10.0. The summed E-state index contributed by atoms with van der Waals surface area (Å²) in [4.78, 5) is 4.41. The number of hydrogen-bond acceptors (Lipinski definition) is 4. The lowest BCUT2D eigenvalue weighted by molar-refractivity contribution is 0.129. The summed E-state index contributed by atoms with van der Waals surface area (Å²) in [5, 5.41) is 7.97. The molecule has 84 valence electrons. The average molecular weight is 227 g/mol. The minimum atomic E-state index is 0.399. The van der Waals surface area contributed by atoms with Gasteiger partial charge in [-0.3, -0.25) is 5.10 Å². The van der Waals surface area contributed by atoms with E-state index < -0.39 is 0 Å². The van der Waals surface area contributed by atoms with Gasteiger partial charge in [0.05, 0.1) is 6.10 Å². The second-order valence-electron chi connectivity index (χ2n) is 4.10. The summed E-state index contributed by atoms with van der Waals surface area (Å²) in [6.45, 7) is 5.13. The molecule has 1 aliphatic heterocycles. The van der Waals surface area contributed by atoms with Crippen LogP contribution in [0, 0.1) is 0 Å². The van der Waals surface area contributed by atoms with Crippen LogP contribution >= 0.6 is 11.8 Å². The smallest absolute Gasteiger partial charge is 0.208 e. The molecule has 0 saturated carbocycles. The van der Waals surface area contributed by atoms with Gasteiger partial charge in [0.25, 0.3) is 0 Å². The summed E-state index contributed by atoms with van der Waals surface area (Å²) in [6.07, 6.45) is 2.77. The SMILES string of the molecule is CC(C)c1nc(SCC2CCCO2)n[nH]1. The van der Waals surface area contributed by atoms with E-state index in [1.807, 2.05) is 0 Å². The molecule has 2 heterocycles. The van der Waals surface area contributed by atoms with Crippen molar-refractivity contribution in [2.75, 3.05) is 12.4 Å². The van der Waals surface area contributed by atoms with E-state index in [0.29, 0.717) is 12.0 Å². The topological polar surface area (TPSA) is 50.8 Å². The van der Waals surface area contributed by atoms with Crippen LogP contribution in [0.1, 0.15) is 38.4 Å². The Kier molecular flexibility index (Phi) is 3.64. The van der Waals surface area contributed by atoms with Crippen molar-refractivity contribution in [2.45, 2.75) is 43.9 Å². The summed E-state index contributed by atoms with van der Waals surface area (Å²) in [5.74, 6) is 2.34. The molecule has 1 unspecified atom stereocenters. The van der Waals surface area contributed by atoms with Crippen molar-refractivity contribution in [3.05, 3.63) is 5.82 Å².